The molecule has 2 aromatic rings. The van der Waals surface area contributed by atoms with Crippen LogP contribution in [0.3, 0.4) is 0 Å². The molecule has 4 heteroatoms. The molecular formula is C17H20N2OS. The van der Waals surface area contributed by atoms with Crippen molar-refractivity contribution in [3.8, 4) is 0 Å². The minimum Gasteiger partial charge on any atom is -0.348 e. The fourth-order valence-electron chi connectivity index (χ4n) is 2.79. The molecule has 3 rings (SSSR count). The molecule has 0 saturated carbocycles. The number of aromatic nitrogens is 1. The molecule has 1 aliphatic heterocycles. The first-order valence-electron chi connectivity index (χ1n) is 7.32. The maximum atomic E-state index is 12.8. The number of hydrogen-bond donors (Lipinski definition) is 1. The number of hydrogen-bond acceptors (Lipinski definition) is 3. The predicted molar refractivity (Wildman–Crippen MR) is 89.2 cm³/mol. The van der Waals surface area contributed by atoms with Crippen molar-refractivity contribution in [1.82, 2.24) is 10.3 Å². The van der Waals surface area contributed by atoms with E-state index in [1.54, 1.807) is 0 Å². The van der Waals surface area contributed by atoms with Gasteiger partial charge >= 0.3 is 0 Å². The molecule has 1 N–H and O–H groups in total. The Morgan fingerprint density at radius 2 is 2.14 bits per heavy atom. The smallest absolute Gasteiger partial charge is 0.252 e. The summed E-state index contributed by atoms with van der Waals surface area (Å²) >= 11 is 1.91. The molecule has 1 aromatic carbocycles. The predicted octanol–water partition coefficient (Wildman–Crippen LogP) is 3.40. The maximum Gasteiger partial charge on any atom is 0.252 e. The van der Waals surface area contributed by atoms with Crippen molar-refractivity contribution in [2.24, 2.45) is 0 Å². The molecule has 1 saturated heterocycles. The van der Waals surface area contributed by atoms with Gasteiger partial charge in [-0.25, -0.2) is 0 Å². The maximum absolute atomic E-state index is 12.8. The number of pyridine rings is 1. The first-order valence-corrected chi connectivity index (χ1v) is 8.48. The summed E-state index contributed by atoms with van der Waals surface area (Å²) in [6, 6.07) is 6.40. The van der Waals surface area contributed by atoms with Gasteiger partial charge in [0.1, 0.15) is 0 Å². The minimum atomic E-state index is 0.0427. The monoisotopic (exact) mass is 300 g/mol. The molecule has 110 valence electrons. The number of rotatable bonds is 2. The molecule has 0 radical (unpaired) electrons. The quantitative estimate of drug-likeness (QED) is 0.924. The van der Waals surface area contributed by atoms with E-state index in [1.165, 1.54) is 0 Å². The first kappa shape index (κ1) is 14.4. The number of nitrogens with one attached hydrogen (secondary N) is 1. The number of benzene rings is 1. The molecule has 1 aliphatic rings. The van der Waals surface area contributed by atoms with Crippen molar-refractivity contribution >= 4 is 28.6 Å². The topological polar surface area (TPSA) is 42.0 Å². The van der Waals surface area contributed by atoms with E-state index < -0.39 is 0 Å². The van der Waals surface area contributed by atoms with Gasteiger partial charge in [0.15, 0.2) is 0 Å². The fourth-order valence-corrected chi connectivity index (χ4v) is 3.95. The third kappa shape index (κ3) is 2.77. The zero-order chi connectivity index (χ0) is 15.0. The van der Waals surface area contributed by atoms with Crippen molar-refractivity contribution in [1.29, 1.82) is 0 Å². The highest BCUT2D eigenvalue weighted by molar-refractivity contribution is 7.99. The Balaban J connectivity index is 2.08. The van der Waals surface area contributed by atoms with Crippen molar-refractivity contribution in [3.05, 3.63) is 40.6 Å². The number of fused-ring (bicyclic) bond motifs is 1. The van der Waals surface area contributed by atoms with Crippen LogP contribution in [0.1, 0.15) is 33.6 Å². The lowest BCUT2D eigenvalue weighted by Gasteiger charge is -2.16. The van der Waals surface area contributed by atoms with Crippen LogP contribution >= 0.6 is 11.8 Å². The molecule has 3 nitrogen and oxygen atoms in total. The average Bonchev–Trinajstić information content (AvgIpc) is 2.93. The first-order chi connectivity index (χ1) is 10.1. The zero-order valence-electron chi connectivity index (χ0n) is 12.7. The van der Waals surface area contributed by atoms with Gasteiger partial charge in [-0.15, -0.1) is 0 Å². The van der Waals surface area contributed by atoms with Crippen LogP contribution in [0.4, 0.5) is 0 Å². The standard InChI is InChI=1S/C17H20N2OS/c1-10-4-5-15-14(8-10)16(11(2)12(3)18-15)17(20)19-13-6-7-21-9-13/h4-5,8,13H,6-7,9H2,1-3H3,(H,19,20). The van der Waals surface area contributed by atoms with Crippen LogP contribution in [0.15, 0.2) is 18.2 Å². The molecule has 1 aromatic heterocycles. The number of carbonyl (C=O) groups excluding carboxylic acids is 1. The van der Waals surface area contributed by atoms with Gasteiger partial charge in [0, 0.05) is 22.9 Å². The van der Waals surface area contributed by atoms with Crippen LogP contribution in [-0.4, -0.2) is 28.4 Å². The summed E-state index contributed by atoms with van der Waals surface area (Å²) in [5, 5.41) is 4.15. The van der Waals surface area contributed by atoms with Gasteiger partial charge in [0.25, 0.3) is 5.91 Å². The van der Waals surface area contributed by atoms with E-state index in [9.17, 15) is 4.79 Å². The Kier molecular flexibility index (Phi) is 3.89. The Labute approximate surface area is 129 Å². The van der Waals surface area contributed by atoms with Crippen LogP contribution in [0.2, 0.25) is 0 Å². The summed E-state index contributed by atoms with van der Waals surface area (Å²) in [4.78, 5) is 17.4. The second-order valence-corrected chi connectivity index (χ2v) is 6.90. The van der Waals surface area contributed by atoms with E-state index in [1.807, 2.05) is 44.7 Å². The van der Waals surface area contributed by atoms with Crippen LogP contribution < -0.4 is 5.32 Å². The van der Waals surface area contributed by atoms with Crippen molar-refractivity contribution < 1.29 is 4.79 Å². The highest BCUT2D eigenvalue weighted by Crippen LogP contribution is 2.25. The molecule has 2 heterocycles. The third-order valence-electron chi connectivity index (χ3n) is 4.12. The molecule has 1 atom stereocenters. The van der Waals surface area contributed by atoms with Gasteiger partial charge in [-0.3, -0.25) is 9.78 Å². The van der Waals surface area contributed by atoms with Crippen LogP contribution in [-0.2, 0) is 0 Å². The van der Waals surface area contributed by atoms with Gasteiger partial charge in [0.05, 0.1) is 11.1 Å². The Hall–Kier alpha value is -1.55. The van der Waals surface area contributed by atoms with Crippen LogP contribution in [0.25, 0.3) is 10.9 Å². The van der Waals surface area contributed by atoms with Crippen LogP contribution in [0.5, 0.6) is 0 Å². The van der Waals surface area contributed by atoms with Gasteiger partial charge in [0.2, 0.25) is 0 Å². The molecule has 0 aliphatic carbocycles. The van der Waals surface area contributed by atoms with Gasteiger partial charge in [-0.1, -0.05) is 11.6 Å². The lowest BCUT2D eigenvalue weighted by Crippen LogP contribution is -2.35. The van der Waals surface area contributed by atoms with E-state index in [4.69, 9.17) is 0 Å². The summed E-state index contributed by atoms with van der Waals surface area (Å²) in [6.07, 6.45) is 1.07. The van der Waals surface area contributed by atoms with E-state index in [0.29, 0.717) is 6.04 Å². The summed E-state index contributed by atoms with van der Waals surface area (Å²) in [5.74, 6) is 2.20. The molecule has 1 unspecified atom stereocenters. The second-order valence-electron chi connectivity index (χ2n) is 5.75. The van der Waals surface area contributed by atoms with E-state index in [2.05, 4.69) is 16.4 Å². The average molecular weight is 300 g/mol. The normalized spacial score (nSPS) is 18.1. The van der Waals surface area contributed by atoms with E-state index >= 15 is 0 Å². The number of amides is 1. The highest BCUT2D eigenvalue weighted by Gasteiger charge is 2.22. The summed E-state index contributed by atoms with van der Waals surface area (Å²) in [7, 11) is 0. The van der Waals surface area contributed by atoms with Crippen molar-refractivity contribution in [2.75, 3.05) is 11.5 Å². The van der Waals surface area contributed by atoms with E-state index in [-0.39, 0.29) is 5.91 Å². The van der Waals surface area contributed by atoms with Gasteiger partial charge < -0.3 is 5.32 Å². The molecule has 0 bridgehead atoms. The molecule has 0 spiro atoms. The number of carbonyl (C=O) groups is 1. The van der Waals surface area contributed by atoms with E-state index in [0.717, 1.165) is 51.2 Å². The molecular weight excluding hydrogens is 280 g/mol. The Bertz CT molecular complexity index is 705. The molecule has 1 amide bonds. The summed E-state index contributed by atoms with van der Waals surface area (Å²) < 4.78 is 0. The van der Waals surface area contributed by atoms with Crippen molar-refractivity contribution in [3.63, 3.8) is 0 Å². The largest absolute Gasteiger partial charge is 0.348 e. The summed E-state index contributed by atoms with van der Waals surface area (Å²) in [5.41, 5.74) is 4.75. The SMILES string of the molecule is Cc1ccc2nc(C)c(C)c(C(=O)NC3CCSC3)c2c1. The number of aryl methyl sites for hydroxylation is 2. The minimum absolute atomic E-state index is 0.0427. The third-order valence-corrected chi connectivity index (χ3v) is 5.28. The molecule has 21 heavy (non-hydrogen) atoms. The van der Waals surface area contributed by atoms with Crippen molar-refractivity contribution in [2.45, 2.75) is 33.2 Å². The second kappa shape index (κ2) is 5.68. The zero-order valence-corrected chi connectivity index (χ0v) is 13.5. The van der Waals surface area contributed by atoms with Gasteiger partial charge in [-0.05, 0) is 50.6 Å². The highest BCUT2D eigenvalue weighted by atomic mass is 32.2. The van der Waals surface area contributed by atoms with Gasteiger partial charge in [-0.2, -0.15) is 11.8 Å². The van der Waals surface area contributed by atoms with Crippen LogP contribution in [0, 0.1) is 20.8 Å². The molecule has 1 fully saturated rings. The lowest BCUT2D eigenvalue weighted by molar-refractivity contribution is 0.0942. The fraction of sp³-hybridized carbons (Fsp3) is 0.412. The number of thioether (sulfide) groups is 1. The Morgan fingerprint density at radius 3 is 2.86 bits per heavy atom. The summed E-state index contributed by atoms with van der Waals surface area (Å²) in [6.45, 7) is 6.00. The lowest BCUT2D eigenvalue weighted by atomic mass is 9.99. The Morgan fingerprint density at radius 1 is 1.33 bits per heavy atom. The number of nitrogens with zero attached hydrogens (tertiary/aromatic N) is 1.